The van der Waals surface area contributed by atoms with E-state index in [2.05, 4.69) is 5.32 Å². The Hall–Kier alpha value is -4.63. The molecule has 1 saturated carbocycles. The minimum atomic E-state index is -4.18. The Labute approximate surface area is 284 Å². The number of hydrogen-bond donors (Lipinski definition) is 1. The van der Waals surface area contributed by atoms with Crippen LogP contribution < -0.4 is 14.4 Å². The van der Waals surface area contributed by atoms with Gasteiger partial charge < -0.3 is 15.0 Å². The molecule has 252 valence electrons. The van der Waals surface area contributed by atoms with Gasteiger partial charge in [-0.05, 0) is 86.2 Å². The van der Waals surface area contributed by atoms with Crippen molar-refractivity contribution in [3.63, 3.8) is 0 Å². The van der Waals surface area contributed by atoms with Crippen LogP contribution in [0.4, 0.5) is 5.69 Å². The zero-order valence-corrected chi connectivity index (χ0v) is 29.0. The third-order valence-electron chi connectivity index (χ3n) is 8.98. The molecule has 1 N–H and O–H groups in total. The van der Waals surface area contributed by atoms with Crippen molar-refractivity contribution in [3.05, 3.63) is 125 Å². The molecule has 1 aliphatic carbocycles. The SMILES string of the molecule is COc1cccc(CN(C(=O)CN(c2cc(C)ccc2C)S(=O)(=O)c2ccc(C)cc2)[C@H](Cc2ccccc2)C(=O)NC2CCCC2)c1. The molecule has 48 heavy (non-hydrogen) atoms. The van der Waals surface area contributed by atoms with Crippen molar-refractivity contribution < 1.29 is 22.7 Å². The summed E-state index contributed by atoms with van der Waals surface area (Å²) < 4.78 is 35.4. The third-order valence-corrected chi connectivity index (χ3v) is 10.8. The van der Waals surface area contributed by atoms with E-state index in [0.717, 1.165) is 47.9 Å². The molecular formula is C39H45N3O5S. The molecule has 1 atom stereocenters. The summed E-state index contributed by atoms with van der Waals surface area (Å²) in [6, 6.07) is 28.3. The number of aryl methyl sites for hydroxylation is 3. The second kappa shape index (κ2) is 15.5. The first-order chi connectivity index (χ1) is 23.0. The van der Waals surface area contributed by atoms with Gasteiger partial charge in [0.1, 0.15) is 18.3 Å². The molecule has 4 aromatic rings. The molecule has 8 nitrogen and oxygen atoms in total. The van der Waals surface area contributed by atoms with E-state index in [0.29, 0.717) is 17.0 Å². The number of rotatable bonds is 13. The third kappa shape index (κ3) is 8.44. The molecule has 0 spiro atoms. The molecule has 0 heterocycles. The fourth-order valence-corrected chi connectivity index (χ4v) is 7.70. The van der Waals surface area contributed by atoms with Crippen LogP contribution in [0.2, 0.25) is 0 Å². The number of nitrogens with one attached hydrogen (secondary N) is 1. The van der Waals surface area contributed by atoms with Gasteiger partial charge in [-0.1, -0.05) is 85.1 Å². The Morgan fingerprint density at radius 3 is 2.19 bits per heavy atom. The number of anilines is 1. The van der Waals surface area contributed by atoms with Gasteiger partial charge in [0.2, 0.25) is 11.8 Å². The Balaban J connectivity index is 1.60. The number of methoxy groups -OCH3 is 1. The van der Waals surface area contributed by atoms with E-state index in [1.807, 2.05) is 87.5 Å². The van der Waals surface area contributed by atoms with E-state index in [4.69, 9.17) is 4.74 Å². The highest BCUT2D eigenvalue weighted by Crippen LogP contribution is 2.29. The maximum atomic E-state index is 14.8. The molecule has 0 radical (unpaired) electrons. The van der Waals surface area contributed by atoms with E-state index in [-0.39, 0.29) is 29.8 Å². The Morgan fingerprint density at radius 1 is 0.833 bits per heavy atom. The van der Waals surface area contributed by atoms with Crippen molar-refractivity contribution in [2.24, 2.45) is 0 Å². The quantitative estimate of drug-likeness (QED) is 0.175. The maximum absolute atomic E-state index is 14.8. The van der Waals surface area contributed by atoms with Crippen LogP contribution in [0.3, 0.4) is 0 Å². The average Bonchev–Trinajstić information content (AvgIpc) is 3.60. The number of amides is 2. The number of ether oxygens (including phenoxy) is 1. The lowest BCUT2D eigenvalue weighted by molar-refractivity contribution is -0.140. The van der Waals surface area contributed by atoms with Crippen LogP contribution in [-0.4, -0.2) is 50.9 Å². The molecular weight excluding hydrogens is 623 g/mol. The van der Waals surface area contributed by atoms with Gasteiger partial charge in [0.25, 0.3) is 10.0 Å². The van der Waals surface area contributed by atoms with Crippen LogP contribution in [0.5, 0.6) is 5.75 Å². The number of hydrogen-bond acceptors (Lipinski definition) is 5. The second-order valence-electron chi connectivity index (χ2n) is 12.7. The van der Waals surface area contributed by atoms with Gasteiger partial charge in [0.15, 0.2) is 0 Å². The minimum Gasteiger partial charge on any atom is -0.497 e. The molecule has 0 saturated heterocycles. The van der Waals surface area contributed by atoms with Crippen LogP contribution in [0.25, 0.3) is 0 Å². The van der Waals surface area contributed by atoms with Gasteiger partial charge in [0, 0.05) is 19.0 Å². The molecule has 0 unspecified atom stereocenters. The zero-order chi connectivity index (χ0) is 34.3. The van der Waals surface area contributed by atoms with Crippen molar-refractivity contribution in [2.75, 3.05) is 18.0 Å². The van der Waals surface area contributed by atoms with Gasteiger partial charge in [-0.25, -0.2) is 8.42 Å². The fraction of sp³-hybridized carbons (Fsp3) is 0.333. The number of sulfonamides is 1. The van der Waals surface area contributed by atoms with E-state index in [9.17, 15) is 18.0 Å². The molecule has 4 aromatic carbocycles. The topological polar surface area (TPSA) is 96.0 Å². The number of nitrogens with zero attached hydrogens (tertiary/aromatic N) is 2. The first kappa shape index (κ1) is 34.7. The van der Waals surface area contributed by atoms with Gasteiger partial charge in [-0.3, -0.25) is 13.9 Å². The summed E-state index contributed by atoms with van der Waals surface area (Å²) >= 11 is 0. The number of benzene rings is 4. The van der Waals surface area contributed by atoms with Gasteiger partial charge >= 0.3 is 0 Å². The van der Waals surface area contributed by atoms with Crippen LogP contribution in [0.1, 0.15) is 53.5 Å². The maximum Gasteiger partial charge on any atom is 0.264 e. The van der Waals surface area contributed by atoms with Crippen LogP contribution >= 0.6 is 0 Å². The molecule has 0 aliphatic heterocycles. The normalized spacial score (nSPS) is 13.9. The van der Waals surface area contributed by atoms with Crippen molar-refractivity contribution >= 4 is 27.5 Å². The van der Waals surface area contributed by atoms with Crippen molar-refractivity contribution in [1.29, 1.82) is 0 Å². The molecule has 9 heteroatoms. The molecule has 2 amide bonds. The summed E-state index contributed by atoms with van der Waals surface area (Å²) in [5, 5.41) is 3.22. The van der Waals surface area contributed by atoms with E-state index >= 15 is 0 Å². The first-order valence-corrected chi connectivity index (χ1v) is 17.9. The number of carbonyl (C=O) groups is 2. The van der Waals surface area contributed by atoms with Crippen molar-refractivity contribution in [3.8, 4) is 5.75 Å². The fourth-order valence-electron chi connectivity index (χ4n) is 6.23. The molecule has 1 fully saturated rings. The van der Waals surface area contributed by atoms with Gasteiger partial charge in [0.05, 0.1) is 17.7 Å². The summed E-state index contributed by atoms with van der Waals surface area (Å²) in [6.07, 6.45) is 4.14. The Kier molecular flexibility index (Phi) is 11.2. The highest BCUT2D eigenvalue weighted by molar-refractivity contribution is 7.92. The summed E-state index contributed by atoms with van der Waals surface area (Å²) in [4.78, 5) is 30.6. The van der Waals surface area contributed by atoms with Crippen LogP contribution in [0.15, 0.2) is 102 Å². The lowest BCUT2D eigenvalue weighted by Crippen LogP contribution is -2.54. The Bertz CT molecular complexity index is 1820. The molecule has 0 aromatic heterocycles. The van der Waals surface area contributed by atoms with E-state index in [1.165, 1.54) is 9.21 Å². The predicted molar refractivity (Wildman–Crippen MR) is 190 cm³/mol. The average molecular weight is 668 g/mol. The van der Waals surface area contributed by atoms with Gasteiger partial charge in [-0.15, -0.1) is 0 Å². The second-order valence-corrected chi connectivity index (χ2v) is 14.5. The first-order valence-electron chi connectivity index (χ1n) is 16.5. The molecule has 0 bridgehead atoms. The zero-order valence-electron chi connectivity index (χ0n) is 28.2. The largest absolute Gasteiger partial charge is 0.497 e. The lowest BCUT2D eigenvalue weighted by atomic mass is 10.0. The van der Waals surface area contributed by atoms with Crippen LogP contribution in [0, 0.1) is 20.8 Å². The summed E-state index contributed by atoms with van der Waals surface area (Å²) in [5.74, 6) is -0.118. The number of carbonyl (C=O) groups excluding carboxylic acids is 2. The molecule has 5 rings (SSSR count). The van der Waals surface area contributed by atoms with Crippen molar-refractivity contribution in [2.45, 2.75) is 76.4 Å². The Morgan fingerprint density at radius 2 is 1.50 bits per heavy atom. The van der Waals surface area contributed by atoms with Crippen LogP contribution in [-0.2, 0) is 32.6 Å². The van der Waals surface area contributed by atoms with Crippen molar-refractivity contribution in [1.82, 2.24) is 10.2 Å². The summed E-state index contributed by atoms with van der Waals surface area (Å²) in [7, 11) is -2.60. The summed E-state index contributed by atoms with van der Waals surface area (Å²) in [5.41, 5.74) is 4.56. The predicted octanol–water partition coefficient (Wildman–Crippen LogP) is 6.51. The van der Waals surface area contributed by atoms with E-state index in [1.54, 1.807) is 37.4 Å². The van der Waals surface area contributed by atoms with Gasteiger partial charge in [-0.2, -0.15) is 0 Å². The highest BCUT2D eigenvalue weighted by Gasteiger charge is 2.36. The minimum absolute atomic E-state index is 0.0397. The molecule has 1 aliphatic rings. The lowest BCUT2D eigenvalue weighted by Gasteiger charge is -2.34. The summed E-state index contributed by atoms with van der Waals surface area (Å²) in [6.45, 7) is 5.20. The monoisotopic (exact) mass is 667 g/mol. The highest BCUT2D eigenvalue weighted by atomic mass is 32.2. The standard InChI is InChI=1S/C39H45N3O5S/c1-28-18-21-35(22-19-28)48(45,46)42(36-23-29(2)17-20-30(36)3)27-38(43)41(26-32-13-10-16-34(24-32)47-4)37(25-31-11-6-5-7-12-31)39(44)40-33-14-8-9-15-33/h5-7,10-13,16-24,33,37H,8-9,14-15,25-27H2,1-4H3,(H,40,44)/t37-/m1/s1. The smallest absolute Gasteiger partial charge is 0.264 e. The van der Waals surface area contributed by atoms with E-state index < -0.39 is 28.5 Å².